The molecule has 1 unspecified atom stereocenters. The third kappa shape index (κ3) is 1.74. The summed E-state index contributed by atoms with van der Waals surface area (Å²) in [6.07, 6.45) is 0.795. The van der Waals surface area contributed by atoms with Gasteiger partial charge >= 0.3 is 0 Å². The second kappa shape index (κ2) is 3.54. The number of hydrogen-bond donors (Lipinski definition) is 2. The van der Waals surface area contributed by atoms with E-state index < -0.39 is 5.82 Å². The topological polar surface area (TPSA) is 52.0 Å². The molecule has 3 heteroatoms. The number of benzene rings is 1. The molecule has 1 atom stereocenters. The fraction of sp³-hybridized carbons (Fsp3) is 0.333. The molecular formula is C9H13FN2. The predicted molar refractivity (Wildman–Crippen MR) is 48.0 cm³/mol. The van der Waals surface area contributed by atoms with Crippen molar-refractivity contribution >= 4 is 5.69 Å². The maximum absolute atomic E-state index is 12.9. The minimum absolute atomic E-state index is 0.0971. The highest BCUT2D eigenvalue weighted by atomic mass is 19.1. The molecule has 0 saturated heterocycles. The van der Waals surface area contributed by atoms with Gasteiger partial charge in [0.1, 0.15) is 5.82 Å². The Kier molecular flexibility index (Phi) is 2.65. The standard InChI is InChI=1S/C9H13FN2/c1-2-8(11)6-3-4-9(12)7(10)5-6/h3-5,8H,2,11-12H2,1H3. The zero-order chi connectivity index (χ0) is 9.14. The molecule has 2 nitrogen and oxygen atoms in total. The van der Waals surface area contributed by atoms with Gasteiger partial charge in [-0.3, -0.25) is 0 Å². The van der Waals surface area contributed by atoms with Crippen molar-refractivity contribution in [2.24, 2.45) is 5.73 Å². The molecule has 0 saturated carbocycles. The van der Waals surface area contributed by atoms with Crippen molar-refractivity contribution < 1.29 is 4.39 Å². The summed E-state index contributed by atoms with van der Waals surface area (Å²) in [6.45, 7) is 1.96. The van der Waals surface area contributed by atoms with Crippen LogP contribution in [0.3, 0.4) is 0 Å². The third-order valence-corrected chi connectivity index (χ3v) is 1.89. The summed E-state index contributed by atoms with van der Waals surface area (Å²) in [5, 5.41) is 0. The zero-order valence-corrected chi connectivity index (χ0v) is 7.05. The lowest BCUT2D eigenvalue weighted by atomic mass is 10.1. The lowest BCUT2D eigenvalue weighted by Crippen LogP contribution is -2.09. The summed E-state index contributed by atoms with van der Waals surface area (Å²) in [7, 11) is 0. The van der Waals surface area contributed by atoms with E-state index >= 15 is 0 Å². The molecule has 66 valence electrons. The van der Waals surface area contributed by atoms with E-state index in [0.717, 1.165) is 12.0 Å². The van der Waals surface area contributed by atoms with Crippen LogP contribution in [0.2, 0.25) is 0 Å². The summed E-state index contributed by atoms with van der Waals surface area (Å²) in [4.78, 5) is 0. The first kappa shape index (κ1) is 9.00. The van der Waals surface area contributed by atoms with Crippen LogP contribution in [0.4, 0.5) is 10.1 Å². The Morgan fingerprint density at radius 3 is 2.67 bits per heavy atom. The molecule has 12 heavy (non-hydrogen) atoms. The molecule has 1 aromatic rings. The molecule has 0 amide bonds. The third-order valence-electron chi connectivity index (χ3n) is 1.89. The molecule has 0 aromatic heterocycles. The minimum Gasteiger partial charge on any atom is -0.396 e. The molecule has 0 aliphatic heterocycles. The van der Waals surface area contributed by atoms with Crippen molar-refractivity contribution in [3.63, 3.8) is 0 Å². The van der Waals surface area contributed by atoms with Gasteiger partial charge in [0.25, 0.3) is 0 Å². The summed E-state index contributed by atoms with van der Waals surface area (Å²) in [5.41, 5.74) is 12.0. The van der Waals surface area contributed by atoms with E-state index in [-0.39, 0.29) is 11.7 Å². The fourth-order valence-electron chi connectivity index (χ4n) is 1.01. The van der Waals surface area contributed by atoms with Crippen LogP contribution < -0.4 is 11.5 Å². The lowest BCUT2D eigenvalue weighted by molar-refractivity contribution is 0.621. The van der Waals surface area contributed by atoms with Gasteiger partial charge in [0.2, 0.25) is 0 Å². The van der Waals surface area contributed by atoms with Gasteiger partial charge in [-0.05, 0) is 24.1 Å². The smallest absolute Gasteiger partial charge is 0.146 e. The Hall–Kier alpha value is -1.09. The Morgan fingerprint density at radius 2 is 2.17 bits per heavy atom. The maximum Gasteiger partial charge on any atom is 0.146 e. The normalized spacial score (nSPS) is 12.9. The molecule has 0 aliphatic rings. The van der Waals surface area contributed by atoms with Crippen molar-refractivity contribution in [1.82, 2.24) is 0 Å². The number of nitrogen functional groups attached to an aromatic ring is 1. The van der Waals surface area contributed by atoms with Gasteiger partial charge in [0.15, 0.2) is 0 Å². The molecule has 0 radical (unpaired) electrons. The van der Waals surface area contributed by atoms with E-state index in [4.69, 9.17) is 11.5 Å². The van der Waals surface area contributed by atoms with Crippen molar-refractivity contribution in [2.45, 2.75) is 19.4 Å². The quantitative estimate of drug-likeness (QED) is 0.662. The van der Waals surface area contributed by atoms with Crippen LogP contribution in [0, 0.1) is 5.82 Å². The van der Waals surface area contributed by atoms with Gasteiger partial charge in [0.05, 0.1) is 5.69 Å². The number of nitrogens with two attached hydrogens (primary N) is 2. The van der Waals surface area contributed by atoms with E-state index in [2.05, 4.69) is 0 Å². The lowest BCUT2D eigenvalue weighted by Gasteiger charge is -2.09. The SMILES string of the molecule is CCC(N)c1ccc(N)c(F)c1. The van der Waals surface area contributed by atoms with Gasteiger partial charge in [-0.2, -0.15) is 0 Å². The Balaban J connectivity index is 2.96. The molecule has 0 fully saturated rings. The van der Waals surface area contributed by atoms with E-state index in [0.29, 0.717) is 0 Å². The first-order chi connectivity index (χ1) is 5.65. The Bertz CT molecular complexity index is 273. The first-order valence-corrected chi connectivity index (χ1v) is 3.95. The highest BCUT2D eigenvalue weighted by Crippen LogP contribution is 2.18. The largest absolute Gasteiger partial charge is 0.396 e. The molecule has 1 rings (SSSR count). The van der Waals surface area contributed by atoms with Crippen LogP contribution in [0.25, 0.3) is 0 Å². The van der Waals surface area contributed by atoms with Gasteiger partial charge < -0.3 is 11.5 Å². The highest BCUT2D eigenvalue weighted by molar-refractivity contribution is 5.41. The molecule has 1 aromatic carbocycles. The van der Waals surface area contributed by atoms with Crippen molar-refractivity contribution in [1.29, 1.82) is 0 Å². The number of hydrogen-bond acceptors (Lipinski definition) is 2. The molecule has 4 N–H and O–H groups in total. The monoisotopic (exact) mass is 168 g/mol. The summed E-state index contributed by atoms with van der Waals surface area (Å²) in [6, 6.07) is 4.59. The van der Waals surface area contributed by atoms with Crippen molar-refractivity contribution in [2.75, 3.05) is 5.73 Å². The molecular weight excluding hydrogens is 155 g/mol. The van der Waals surface area contributed by atoms with Crippen LogP contribution in [0.5, 0.6) is 0 Å². The first-order valence-electron chi connectivity index (χ1n) is 3.95. The second-order valence-electron chi connectivity index (χ2n) is 2.80. The van der Waals surface area contributed by atoms with E-state index in [1.165, 1.54) is 6.07 Å². The maximum atomic E-state index is 12.9. The minimum atomic E-state index is -0.392. The van der Waals surface area contributed by atoms with Gasteiger partial charge in [-0.1, -0.05) is 13.0 Å². The van der Waals surface area contributed by atoms with E-state index in [9.17, 15) is 4.39 Å². The Labute approximate surface area is 71.4 Å². The van der Waals surface area contributed by atoms with Crippen LogP contribution in [0.1, 0.15) is 24.9 Å². The van der Waals surface area contributed by atoms with Crippen molar-refractivity contribution in [3.8, 4) is 0 Å². The summed E-state index contributed by atoms with van der Waals surface area (Å²) < 4.78 is 12.9. The van der Waals surface area contributed by atoms with Crippen molar-refractivity contribution in [3.05, 3.63) is 29.6 Å². The van der Waals surface area contributed by atoms with Crippen LogP contribution >= 0.6 is 0 Å². The summed E-state index contributed by atoms with van der Waals surface area (Å²) >= 11 is 0. The van der Waals surface area contributed by atoms with Crippen LogP contribution in [-0.4, -0.2) is 0 Å². The number of anilines is 1. The second-order valence-corrected chi connectivity index (χ2v) is 2.80. The molecule has 0 heterocycles. The van der Waals surface area contributed by atoms with E-state index in [1.54, 1.807) is 12.1 Å². The van der Waals surface area contributed by atoms with Gasteiger partial charge in [0, 0.05) is 6.04 Å². The zero-order valence-electron chi connectivity index (χ0n) is 7.05. The van der Waals surface area contributed by atoms with Crippen LogP contribution in [0.15, 0.2) is 18.2 Å². The predicted octanol–water partition coefficient (Wildman–Crippen LogP) is 1.82. The fourth-order valence-corrected chi connectivity index (χ4v) is 1.01. The van der Waals surface area contributed by atoms with Gasteiger partial charge in [-0.25, -0.2) is 4.39 Å². The average molecular weight is 168 g/mol. The van der Waals surface area contributed by atoms with Gasteiger partial charge in [-0.15, -0.1) is 0 Å². The van der Waals surface area contributed by atoms with Crippen LogP contribution in [-0.2, 0) is 0 Å². The molecule has 0 bridgehead atoms. The Morgan fingerprint density at radius 1 is 1.50 bits per heavy atom. The summed E-state index contributed by atoms with van der Waals surface area (Å²) in [5.74, 6) is -0.392. The van der Waals surface area contributed by atoms with E-state index in [1.807, 2.05) is 6.92 Å². The number of halogens is 1. The molecule has 0 aliphatic carbocycles. The highest BCUT2D eigenvalue weighted by Gasteiger charge is 2.05. The average Bonchev–Trinajstić information content (AvgIpc) is 2.08. The number of rotatable bonds is 2. The molecule has 0 spiro atoms.